The molecule has 0 amide bonds. The van der Waals surface area contributed by atoms with Crippen LogP contribution in [0.25, 0.3) is 0 Å². The summed E-state index contributed by atoms with van der Waals surface area (Å²) in [6.07, 6.45) is 0.553. The predicted molar refractivity (Wildman–Crippen MR) is 67.8 cm³/mol. The summed E-state index contributed by atoms with van der Waals surface area (Å²) in [5.41, 5.74) is 6.78. The molecule has 5 nitrogen and oxygen atoms in total. The first-order valence-electron chi connectivity index (χ1n) is 5.42. The smallest absolute Gasteiger partial charge is 0.216 e. The van der Waals surface area contributed by atoms with E-state index in [1.165, 1.54) is 0 Å². The van der Waals surface area contributed by atoms with E-state index >= 15 is 0 Å². The van der Waals surface area contributed by atoms with E-state index in [-0.39, 0.29) is 12.4 Å². The molecule has 4 N–H and O–H groups in total. The summed E-state index contributed by atoms with van der Waals surface area (Å²) in [5, 5.41) is 8.95. The van der Waals surface area contributed by atoms with Crippen molar-refractivity contribution in [2.75, 3.05) is 12.3 Å². The zero-order valence-corrected chi connectivity index (χ0v) is 10.6. The van der Waals surface area contributed by atoms with Gasteiger partial charge in [0, 0.05) is 11.7 Å². The van der Waals surface area contributed by atoms with Gasteiger partial charge >= 0.3 is 0 Å². The van der Waals surface area contributed by atoms with Gasteiger partial charge in [-0.3, -0.25) is 0 Å². The van der Waals surface area contributed by atoms with E-state index in [9.17, 15) is 8.42 Å². The topological polar surface area (TPSA) is 92.4 Å². The number of nitrogen functional groups attached to an aromatic ring is 1. The number of nitrogens with one attached hydrogen (secondary N) is 1. The maximum absolute atomic E-state index is 11.8. The summed E-state index contributed by atoms with van der Waals surface area (Å²) in [7, 11) is -3.42. The molecule has 1 aromatic carbocycles. The molecule has 0 aliphatic heterocycles. The average molecular weight is 258 g/mol. The van der Waals surface area contributed by atoms with Gasteiger partial charge in [-0.25, -0.2) is 13.1 Å². The van der Waals surface area contributed by atoms with Crippen LogP contribution in [0.5, 0.6) is 0 Å². The molecule has 0 aliphatic rings. The fourth-order valence-electron chi connectivity index (χ4n) is 1.38. The van der Waals surface area contributed by atoms with Crippen LogP contribution in [-0.2, 0) is 15.8 Å². The van der Waals surface area contributed by atoms with E-state index in [4.69, 9.17) is 10.8 Å². The molecular formula is C11H18N2O3S. The van der Waals surface area contributed by atoms with Crippen molar-refractivity contribution in [1.82, 2.24) is 4.72 Å². The number of anilines is 1. The Kier molecular flexibility index (Phi) is 4.92. The van der Waals surface area contributed by atoms with Crippen molar-refractivity contribution in [2.24, 2.45) is 0 Å². The lowest BCUT2D eigenvalue weighted by molar-refractivity contribution is 0.254. The Bertz CT molecular complexity index is 438. The van der Waals surface area contributed by atoms with E-state index in [1.807, 2.05) is 6.92 Å². The maximum atomic E-state index is 11.8. The van der Waals surface area contributed by atoms with Gasteiger partial charge in [-0.15, -0.1) is 0 Å². The lowest BCUT2D eigenvalue weighted by Crippen LogP contribution is -2.37. The van der Waals surface area contributed by atoms with Crippen molar-refractivity contribution in [1.29, 1.82) is 0 Å². The molecule has 96 valence electrons. The van der Waals surface area contributed by atoms with Crippen LogP contribution in [-0.4, -0.2) is 26.2 Å². The molecule has 0 heterocycles. The molecule has 0 saturated carbocycles. The molecule has 0 bridgehead atoms. The van der Waals surface area contributed by atoms with Crippen LogP contribution >= 0.6 is 0 Å². The summed E-state index contributed by atoms with van der Waals surface area (Å²) >= 11 is 0. The number of rotatable bonds is 6. The first kappa shape index (κ1) is 14.0. The maximum Gasteiger partial charge on any atom is 0.216 e. The highest BCUT2D eigenvalue weighted by molar-refractivity contribution is 7.88. The third-order valence-corrected chi connectivity index (χ3v) is 3.80. The molecule has 0 fully saturated rings. The van der Waals surface area contributed by atoms with Crippen molar-refractivity contribution in [3.63, 3.8) is 0 Å². The second-order valence-corrected chi connectivity index (χ2v) is 5.66. The Morgan fingerprint density at radius 3 is 2.41 bits per heavy atom. The highest BCUT2D eigenvalue weighted by Gasteiger charge is 2.16. The fourth-order valence-corrected chi connectivity index (χ4v) is 2.84. The number of sulfonamides is 1. The van der Waals surface area contributed by atoms with E-state index < -0.39 is 16.1 Å². The van der Waals surface area contributed by atoms with Crippen LogP contribution in [0.1, 0.15) is 18.9 Å². The van der Waals surface area contributed by atoms with Gasteiger partial charge in [0.2, 0.25) is 10.0 Å². The minimum absolute atomic E-state index is 0.107. The van der Waals surface area contributed by atoms with Crippen LogP contribution in [0.4, 0.5) is 5.69 Å². The summed E-state index contributed by atoms with van der Waals surface area (Å²) in [4.78, 5) is 0. The number of aliphatic hydroxyl groups excluding tert-OH is 1. The highest BCUT2D eigenvalue weighted by Crippen LogP contribution is 2.09. The van der Waals surface area contributed by atoms with Gasteiger partial charge in [-0.1, -0.05) is 19.1 Å². The Morgan fingerprint density at radius 2 is 1.94 bits per heavy atom. The molecule has 0 aliphatic carbocycles. The monoisotopic (exact) mass is 258 g/mol. The van der Waals surface area contributed by atoms with Crippen molar-refractivity contribution in [3.05, 3.63) is 29.8 Å². The van der Waals surface area contributed by atoms with E-state index in [2.05, 4.69) is 4.72 Å². The molecule has 0 radical (unpaired) electrons. The number of aliphatic hydroxyl groups is 1. The predicted octanol–water partition coefficient (Wildman–Crippen LogP) is 0.459. The number of nitrogens with two attached hydrogens (primary N) is 1. The van der Waals surface area contributed by atoms with E-state index in [0.717, 1.165) is 0 Å². The van der Waals surface area contributed by atoms with Crippen LogP contribution in [0, 0.1) is 0 Å². The second-order valence-electron chi connectivity index (χ2n) is 3.91. The van der Waals surface area contributed by atoms with Crippen molar-refractivity contribution in [2.45, 2.75) is 25.1 Å². The molecule has 0 aromatic heterocycles. The third-order valence-electron chi connectivity index (χ3n) is 2.40. The van der Waals surface area contributed by atoms with E-state index in [0.29, 0.717) is 17.7 Å². The minimum Gasteiger partial charge on any atom is -0.399 e. The first-order chi connectivity index (χ1) is 7.96. The zero-order valence-electron chi connectivity index (χ0n) is 9.76. The van der Waals surface area contributed by atoms with Crippen molar-refractivity contribution < 1.29 is 13.5 Å². The molecule has 1 rings (SSSR count). The van der Waals surface area contributed by atoms with Gasteiger partial charge in [0.15, 0.2) is 0 Å². The zero-order chi connectivity index (χ0) is 12.9. The normalized spacial score (nSPS) is 13.5. The number of benzene rings is 1. The van der Waals surface area contributed by atoms with Crippen LogP contribution in [0.15, 0.2) is 24.3 Å². The van der Waals surface area contributed by atoms with Crippen LogP contribution in [0.2, 0.25) is 0 Å². The van der Waals surface area contributed by atoms with Gasteiger partial charge in [0.25, 0.3) is 0 Å². The second kappa shape index (κ2) is 6.00. The molecule has 0 unspecified atom stereocenters. The van der Waals surface area contributed by atoms with Crippen LogP contribution in [0.3, 0.4) is 0 Å². The molecule has 17 heavy (non-hydrogen) atoms. The van der Waals surface area contributed by atoms with Gasteiger partial charge in [0.1, 0.15) is 0 Å². The molecule has 0 saturated heterocycles. The Balaban J connectivity index is 2.69. The lowest BCUT2D eigenvalue weighted by Gasteiger charge is -2.14. The first-order valence-corrected chi connectivity index (χ1v) is 7.07. The number of hydrogen-bond donors (Lipinski definition) is 3. The average Bonchev–Trinajstić information content (AvgIpc) is 2.29. The van der Waals surface area contributed by atoms with Gasteiger partial charge in [-0.2, -0.15) is 0 Å². The fraction of sp³-hybridized carbons (Fsp3) is 0.455. The summed E-state index contributed by atoms with van der Waals surface area (Å²) < 4.78 is 26.0. The molecule has 1 aromatic rings. The number of hydrogen-bond acceptors (Lipinski definition) is 4. The quantitative estimate of drug-likeness (QED) is 0.646. The van der Waals surface area contributed by atoms with Crippen molar-refractivity contribution in [3.8, 4) is 0 Å². The molecule has 1 atom stereocenters. The summed E-state index contributed by atoms with van der Waals surface area (Å²) in [6.45, 7) is 1.62. The van der Waals surface area contributed by atoms with Gasteiger partial charge in [0.05, 0.1) is 12.4 Å². The Hall–Kier alpha value is -1.11. The third kappa shape index (κ3) is 4.72. The molecule has 0 spiro atoms. The molecule has 6 heteroatoms. The van der Waals surface area contributed by atoms with Gasteiger partial charge < -0.3 is 10.8 Å². The summed E-state index contributed by atoms with van der Waals surface area (Å²) in [6, 6.07) is 6.25. The largest absolute Gasteiger partial charge is 0.399 e. The van der Waals surface area contributed by atoms with Crippen LogP contribution < -0.4 is 10.5 Å². The highest BCUT2D eigenvalue weighted by atomic mass is 32.2. The van der Waals surface area contributed by atoms with E-state index in [1.54, 1.807) is 24.3 Å². The Morgan fingerprint density at radius 1 is 1.35 bits per heavy atom. The standard InChI is InChI=1S/C11H18N2O3S/c1-2-11(7-14)13-17(15,16)8-9-3-5-10(12)6-4-9/h3-6,11,13-14H,2,7-8,12H2,1H3/t11-/m1/s1. The van der Waals surface area contributed by atoms with Crippen molar-refractivity contribution >= 4 is 15.7 Å². The SMILES string of the molecule is CC[C@H](CO)NS(=O)(=O)Cc1ccc(N)cc1. The summed E-state index contributed by atoms with van der Waals surface area (Å²) in [5.74, 6) is -0.107. The lowest BCUT2D eigenvalue weighted by atomic mass is 10.2. The van der Waals surface area contributed by atoms with Gasteiger partial charge in [-0.05, 0) is 24.1 Å². The minimum atomic E-state index is -3.42. The molecular weight excluding hydrogens is 240 g/mol. The Labute approximate surface area is 102 Å².